The predicted molar refractivity (Wildman–Crippen MR) is 86.3 cm³/mol. The van der Waals surface area contributed by atoms with Gasteiger partial charge in [-0.05, 0) is 44.9 Å². The van der Waals surface area contributed by atoms with Crippen LogP contribution in [0.2, 0.25) is 0 Å². The van der Waals surface area contributed by atoms with E-state index in [0.717, 1.165) is 0 Å². The van der Waals surface area contributed by atoms with Gasteiger partial charge in [-0.1, -0.05) is 0 Å². The molecular formula is C13H19NO3P2S. The Bertz CT molecular complexity index is 605. The van der Waals surface area contributed by atoms with Crippen LogP contribution < -0.4 is 4.74 Å². The van der Waals surface area contributed by atoms with Gasteiger partial charge in [-0.3, -0.25) is 0 Å². The van der Waals surface area contributed by atoms with Crippen molar-refractivity contribution in [2.75, 3.05) is 33.8 Å². The molecule has 1 aromatic rings. The van der Waals surface area contributed by atoms with Gasteiger partial charge in [-0.15, -0.1) is 11.8 Å². The van der Waals surface area contributed by atoms with E-state index in [-0.39, 0.29) is 0 Å². The number of methoxy groups -OCH3 is 1. The number of hydrogen-bond donors (Lipinski definition) is 0. The van der Waals surface area contributed by atoms with Gasteiger partial charge < -0.3 is 13.9 Å². The van der Waals surface area contributed by atoms with Crippen LogP contribution in [0.25, 0.3) is 0 Å². The Balaban J connectivity index is 3.28. The van der Waals surface area contributed by atoms with Crippen molar-refractivity contribution in [1.82, 2.24) is 0 Å². The van der Waals surface area contributed by atoms with Crippen LogP contribution in [0, 0.1) is 11.3 Å². The van der Waals surface area contributed by atoms with Crippen LogP contribution in [0.4, 0.5) is 0 Å². The van der Waals surface area contributed by atoms with Crippen LogP contribution in [-0.4, -0.2) is 38.5 Å². The minimum Gasteiger partial charge on any atom is -0.496 e. The maximum absolute atomic E-state index is 12.4. The summed E-state index contributed by atoms with van der Waals surface area (Å²) in [5.41, 5.74) is 0.496. The van der Waals surface area contributed by atoms with Gasteiger partial charge in [0.2, 0.25) is 0 Å². The quantitative estimate of drug-likeness (QED) is 0.598. The van der Waals surface area contributed by atoms with Gasteiger partial charge in [0.25, 0.3) is 0 Å². The third kappa shape index (κ3) is 4.42. The third-order valence-corrected chi connectivity index (χ3v) is 12.5. The lowest BCUT2D eigenvalue weighted by Crippen LogP contribution is -2.03. The van der Waals surface area contributed by atoms with Crippen molar-refractivity contribution >= 4 is 26.0 Å². The minimum atomic E-state index is -2.56. The molecule has 0 bridgehead atoms. The first-order valence-electron chi connectivity index (χ1n) is 5.93. The summed E-state index contributed by atoms with van der Waals surface area (Å²) in [6.07, 6.45) is 0. The van der Waals surface area contributed by atoms with Crippen molar-refractivity contribution in [3.63, 3.8) is 0 Å². The van der Waals surface area contributed by atoms with Crippen LogP contribution in [-0.2, 0) is 9.13 Å². The van der Waals surface area contributed by atoms with Crippen LogP contribution in [0.5, 0.6) is 5.75 Å². The molecule has 7 heteroatoms. The molecule has 110 valence electrons. The Morgan fingerprint density at radius 3 is 2.15 bits per heavy atom. The predicted octanol–water partition coefficient (Wildman–Crippen LogP) is 4.19. The fraction of sp³-hybridized carbons (Fsp3) is 0.462. The molecule has 4 nitrogen and oxygen atoms in total. The van der Waals surface area contributed by atoms with Gasteiger partial charge in [0.05, 0.1) is 23.6 Å². The SMILES string of the molecule is COc1ccc(C#N)cc1SC(P(C)(C)=O)P(C)(C)=O. The normalized spacial score (nSPS) is 12.2. The van der Waals surface area contributed by atoms with Crippen molar-refractivity contribution in [2.24, 2.45) is 0 Å². The van der Waals surface area contributed by atoms with Crippen molar-refractivity contribution in [3.8, 4) is 11.8 Å². The lowest BCUT2D eigenvalue weighted by Gasteiger charge is -2.25. The summed E-state index contributed by atoms with van der Waals surface area (Å²) in [5, 5.41) is 8.97. The van der Waals surface area contributed by atoms with Crippen molar-refractivity contribution < 1.29 is 13.9 Å². The van der Waals surface area contributed by atoms with Gasteiger partial charge in [0.15, 0.2) is 0 Å². The molecule has 0 fully saturated rings. The molecule has 1 rings (SSSR count). The number of ether oxygens (including phenoxy) is 1. The van der Waals surface area contributed by atoms with E-state index >= 15 is 0 Å². The van der Waals surface area contributed by atoms with E-state index in [4.69, 9.17) is 10.00 Å². The van der Waals surface area contributed by atoms with E-state index < -0.39 is 19.0 Å². The van der Waals surface area contributed by atoms with Gasteiger partial charge in [-0.25, -0.2) is 0 Å². The zero-order chi connectivity index (χ0) is 15.6. The molecule has 0 N–H and O–H groups in total. The van der Waals surface area contributed by atoms with E-state index in [2.05, 4.69) is 6.07 Å². The highest BCUT2D eigenvalue weighted by Crippen LogP contribution is 2.67. The van der Waals surface area contributed by atoms with E-state index in [1.807, 2.05) is 0 Å². The molecule has 0 aliphatic carbocycles. The highest BCUT2D eigenvalue weighted by atomic mass is 32.2. The molecule has 0 radical (unpaired) electrons. The number of rotatable bonds is 5. The van der Waals surface area contributed by atoms with Gasteiger partial charge >= 0.3 is 0 Å². The average Bonchev–Trinajstić information content (AvgIpc) is 2.32. The smallest absolute Gasteiger partial charge is 0.132 e. The number of nitriles is 1. The second-order valence-corrected chi connectivity index (χ2v) is 14.3. The molecule has 0 unspecified atom stereocenters. The average molecular weight is 331 g/mol. The maximum atomic E-state index is 12.4. The Morgan fingerprint density at radius 1 is 1.20 bits per heavy atom. The molecule has 0 amide bonds. The molecule has 0 heterocycles. The third-order valence-electron chi connectivity index (χ3n) is 2.59. The second kappa shape index (κ2) is 6.39. The monoisotopic (exact) mass is 331 g/mol. The van der Waals surface area contributed by atoms with Crippen molar-refractivity contribution in [1.29, 1.82) is 5.26 Å². The summed E-state index contributed by atoms with van der Waals surface area (Å²) < 4.78 is 29.6. The number of thioether (sulfide) groups is 1. The van der Waals surface area contributed by atoms with Crippen LogP contribution in [0.15, 0.2) is 23.1 Å². The first-order valence-corrected chi connectivity index (χ1v) is 12.2. The summed E-state index contributed by atoms with van der Waals surface area (Å²) >= 11 is 1.28. The van der Waals surface area contributed by atoms with Crippen molar-refractivity contribution in [2.45, 2.75) is 9.63 Å². The summed E-state index contributed by atoms with van der Waals surface area (Å²) in [6, 6.07) is 7.10. The Hall–Kier alpha value is -0.680. The molecule has 0 aliphatic rings. The standard InChI is InChI=1S/C13H19NO3P2S/c1-17-11-7-6-10(9-14)8-12(11)20-13(18(2,3)15)19(4,5)16/h6-8,13H,1-5H3. The summed E-state index contributed by atoms with van der Waals surface area (Å²) in [7, 11) is -3.57. The molecule has 0 saturated heterocycles. The molecular weight excluding hydrogens is 312 g/mol. The van der Waals surface area contributed by atoms with Gasteiger partial charge in [0, 0.05) is 0 Å². The zero-order valence-electron chi connectivity index (χ0n) is 12.3. The summed E-state index contributed by atoms with van der Waals surface area (Å²) in [6.45, 7) is 6.58. The first kappa shape index (κ1) is 17.4. The molecule has 0 saturated carbocycles. The second-order valence-electron chi connectivity index (χ2n) is 5.29. The highest BCUT2D eigenvalue weighted by molar-refractivity contribution is 8.14. The first-order chi connectivity index (χ1) is 9.09. The maximum Gasteiger partial charge on any atom is 0.132 e. The number of nitrogens with zero attached hydrogens (tertiary/aromatic N) is 1. The Kier molecular flexibility index (Phi) is 5.55. The van der Waals surface area contributed by atoms with Crippen LogP contribution >= 0.6 is 26.0 Å². The molecule has 0 aliphatic heterocycles. The van der Waals surface area contributed by atoms with Crippen molar-refractivity contribution in [3.05, 3.63) is 23.8 Å². The van der Waals surface area contributed by atoms with Crippen LogP contribution in [0.1, 0.15) is 5.56 Å². The van der Waals surface area contributed by atoms with Gasteiger partial charge in [-0.2, -0.15) is 5.26 Å². The minimum absolute atomic E-state index is 0.474. The fourth-order valence-corrected chi connectivity index (χ4v) is 10.6. The van der Waals surface area contributed by atoms with E-state index in [1.54, 1.807) is 44.9 Å². The summed E-state index contributed by atoms with van der Waals surface area (Å²) in [5.74, 6) is 0.598. The van der Waals surface area contributed by atoms with Gasteiger partial charge in [0.1, 0.15) is 24.8 Å². The zero-order valence-corrected chi connectivity index (χ0v) is 14.9. The highest BCUT2D eigenvalue weighted by Gasteiger charge is 2.35. The number of hydrogen-bond acceptors (Lipinski definition) is 5. The van der Waals surface area contributed by atoms with E-state index in [9.17, 15) is 9.13 Å². The molecule has 0 aromatic heterocycles. The molecule has 1 aromatic carbocycles. The summed E-state index contributed by atoms with van der Waals surface area (Å²) in [4.78, 5) is 0.699. The topological polar surface area (TPSA) is 67.2 Å². The van der Waals surface area contributed by atoms with E-state index in [1.165, 1.54) is 18.9 Å². The van der Waals surface area contributed by atoms with Crippen LogP contribution in [0.3, 0.4) is 0 Å². The molecule has 20 heavy (non-hydrogen) atoms. The molecule has 0 atom stereocenters. The lowest BCUT2D eigenvalue weighted by molar-refractivity contribution is 0.405. The van der Waals surface area contributed by atoms with E-state index in [0.29, 0.717) is 16.2 Å². The Morgan fingerprint density at radius 2 is 1.75 bits per heavy atom. The Labute approximate surface area is 124 Å². The molecule has 0 spiro atoms. The fourth-order valence-electron chi connectivity index (χ4n) is 1.88. The lowest BCUT2D eigenvalue weighted by atomic mass is 10.2. The largest absolute Gasteiger partial charge is 0.496 e. The number of benzene rings is 1.